The summed E-state index contributed by atoms with van der Waals surface area (Å²) in [5, 5.41) is 16.0. The van der Waals surface area contributed by atoms with Crippen molar-refractivity contribution in [1.82, 2.24) is 20.9 Å². The van der Waals surface area contributed by atoms with E-state index in [1.807, 2.05) is 0 Å². The van der Waals surface area contributed by atoms with Crippen LogP contribution in [0.25, 0.3) is 0 Å². The number of carboxylic acids is 1. The average molecular weight is 276 g/mol. The van der Waals surface area contributed by atoms with Gasteiger partial charge in [-0.2, -0.15) is 0 Å². The maximum absolute atomic E-state index is 11.3. The van der Waals surface area contributed by atoms with E-state index in [9.17, 15) is 14.4 Å². The zero-order valence-electron chi connectivity index (χ0n) is 11.2. The van der Waals surface area contributed by atoms with Crippen LogP contribution in [0.4, 0.5) is 9.59 Å². The number of aliphatic carboxylic acids is 1. The molecule has 9 heteroatoms. The number of amides is 4. The van der Waals surface area contributed by atoms with E-state index in [4.69, 9.17) is 5.11 Å². The second-order valence-electron chi connectivity index (χ2n) is 3.87. The standard InChI is InChI=1S/C10H20N4O5/c1-14(2)10(18)12-5-4-11-9(17)13-7(6-19-3)8(15)16/h7H,4-6H2,1-3H3,(H,12,18)(H,15,16)(H2,11,13,17). The van der Waals surface area contributed by atoms with E-state index in [1.54, 1.807) is 14.1 Å². The minimum absolute atomic E-state index is 0.125. The number of urea groups is 2. The molecule has 4 amide bonds. The lowest BCUT2D eigenvalue weighted by molar-refractivity contribution is -0.140. The number of hydrogen-bond acceptors (Lipinski definition) is 4. The van der Waals surface area contributed by atoms with Crippen molar-refractivity contribution in [3.8, 4) is 0 Å². The van der Waals surface area contributed by atoms with Gasteiger partial charge < -0.3 is 30.7 Å². The smallest absolute Gasteiger partial charge is 0.328 e. The van der Waals surface area contributed by atoms with Crippen molar-refractivity contribution in [1.29, 1.82) is 0 Å². The highest BCUT2D eigenvalue weighted by molar-refractivity contribution is 5.82. The Bertz CT molecular complexity index is 321. The molecule has 0 aromatic rings. The van der Waals surface area contributed by atoms with Crippen LogP contribution in [0.2, 0.25) is 0 Å². The van der Waals surface area contributed by atoms with Crippen LogP contribution in [0.5, 0.6) is 0 Å². The van der Waals surface area contributed by atoms with Gasteiger partial charge in [0, 0.05) is 34.3 Å². The molecule has 0 saturated carbocycles. The second-order valence-corrected chi connectivity index (χ2v) is 3.87. The second kappa shape index (κ2) is 8.97. The maximum Gasteiger partial charge on any atom is 0.328 e. The predicted octanol–water partition coefficient (Wildman–Crippen LogP) is -1.34. The first kappa shape index (κ1) is 17.0. The molecule has 110 valence electrons. The summed E-state index contributed by atoms with van der Waals surface area (Å²) in [6.07, 6.45) is 0. The van der Waals surface area contributed by atoms with E-state index in [-0.39, 0.29) is 25.7 Å². The van der Waals surface area contributed by atoms with Crippen LogP contribution in [0.15, 0.2) is 0 Å². The minimum atomic E-state index is -1.18. The highest BCUT2D eigenvalue weighted by Gasteiger charge is 2.19. The van der Waals surface area contributed by atoms with Gasteiger partial charge in [-0.1, -0.05) is 0 Å². The van der Waals surface area contributed by atoms with Crippen LogP contribution < -0.4 is 16.0 Å². The summed E-state index contributed by atoms with van der Waals surface area (Å²) in [5.41, 5.74) is 0. The first-order valence-corrected chi connectivity index (χ1v) is 5.59. The van der Waals surface area contributed by atoms with Crippen molar-refractivity contribution in [3.05, 3.63) is 0 Å². The third-order valence-corrected chi connectivity index (χ3v) is 2.03. The summed E-state index contributed by atoms with van der Waals surface area (Å²) >= 11 is 0. The van der Waals surface area contributed by atoms with Crippen LogP contribution in [0.1, 0.15) is 0 Å². The number of ether oxygens (including phenoxy) is 1. The molecule has 0 fully saturated rings. The third-order valence-electron chi connectivity index (χ3n) is 2.03. The fourth-order valence-electron chi connectivity index (χ4n) is 1.05. The first-order valence-electron chi connectivity index (χ1n) is 5.59. The first-order chi connectivity index (χ1) is 8.88. The fourth-order valence-corrected chi connectivity index (χ4v) is 1.05. The number of methoxy groups -OCH3 is 1. The predicted molar refractivity (Wildman–Crippen MR) is 66.9 cm³/mol. The van der Waals surface area contributed by atoms with E-state index in [2.05, 4.69) is 20.7 Å². The van der Waals surface area contributed by atoms with Crippen molar-refractivity contribution < 1.29 is 24.2 Å². The molecule has 4 N–H and O–H groups in total. The summed E-state index contributed by atoms with van der Waals surface area (Å²) in [6.45, 7) is 0.303. The lowest BCUT2D eigenvalue weighted by atomic mass is 10.3. The van der Waals surface area contributed by atoms with Crippen LogP contribution in [-0.2, 0) is 9.53 Å². The van der Waals surface area contributed by atoms with Gasteiger partial charge in [0.05, 0.1) is 6.61 Å². The van der Waals surface area contributed by atoms with Crippen molar-refractivity contribution >= 4 is 18.0 Å². The number of carboxylic acid groups (broad SMARTS) is 1. The molecule has 9 nitrogen and oxygen atoms in total. The van der Waals surface area contributed by atoms with Crippen molar-refractivity contribution in [2.24, 2.45) is 0 Å². The van der Waals surface area contributed by atoms with Gasteiger partial charge in [0.15, 0.2) is 6.04 Å². The molecule has 0 bridgehead atoms. The molecule has 0 heterocycles. The van der Waals surface area contributed by atoms with Gasteiger partial charge in [-0.15, -0.1) is 0 Å². The Kier molecular flexibility index (Phi) is 8.02. The normalized spacial score (nSPS) is 11.3. The molecule has 19 heavy (non-hydrogen) atoms. The number of carbonyl (C=O) groups is 3. The Labute approximate surface area is 111 Å². The number of rotatable bonds is 7. The SMILES string of the molecule is COCC(NC(=O)NCCNC(=O)N(C)C)C(=O)O. The molecule has 0 saturated heterocycles. The summed E-state index contributed by atoms with van der Waals surface area (Å²) in [5.74, 6) is -1.18. The van der Waals surface area contributed by atoms with E-state index in [0.717, 1.165) is 0 Å². The van der Waals surface area contributed by atoms with E-state index in [0.29, 0.717) is 0 Å². The molecule has 1 atom stereocenters. The Morgan fingerprint density at radius 3 is 2.26 bits per heavy atom. The Morgan fingerprint density at radius 2 is 1.79 bits per heavy atom. The van der Waals surface area contributed by atoms with Crippen LogP contribution in [-0.4, -0.2) is 75.0 Å². The molecule has 0 radical (unpaired) electrons. The molecule has 1 unspecified atom stereocenters. The Balaban J connectivity index is 3.86. The molecular formula is C10H20N4O5. The van der Waals surface area contributed by atoms with Gasteiger partial charge in [0.2, 0.25) is 0 Å². The van der Waals surface area contributed by atoms with E-state index in [1.165, 1.54) is 12.0 Å². The molecule has 0 aliphatic rings. The summed E-state index contributed by atoms with van der Waals surface area (Å²) in [6, 6.07) is -2.02. The van der Waals surface area contributed by atoms with Crippen molar-refractivity contribution in [2.75, 3.05) is 40.9 Å². The molecule has 0 spiro atoms. The van der Waals surface area contributed by atoms with Gasteiger partial charge in [-0.3, -0.25) is 0 Å². The van der Waals surface area contributed by atoms with Crippen molar-refractivity contribution in [2.45, 2.75) is 6.04 Å². The summed E-state index contributed by atoms with van der Waals surface area (Å²) in [7, 11) is 4.53. The van der Waals surface area contributed by atoms with Crippen molar-refractivity contribution in [3.63, 3.8) is 0 Å². The van der Waals surface area contributed by atoms with Crippen LogP contribution in [0, 0.1) is 0 Å². The number of hydrogen-bond donors (Lipinski definition) is 4. The van der Waals surface area contributed by atoms with Gasteiger partial charge >= 0.3 is 18.0 Å². The Morgan fingerprint density at radius 1 is 1.21 bits per heavy atom. The number of nitrogens with zero attached hydrogens (tertiary/aromatic N) is 1. The number of carbonyl (C=O) groups excluding carboxylic acids is 2. The van der Waals surface area contributed by atoms with E-state index < -0.39 is 18.0 Å². The highest BCUT2D eigenvalue weighted by Crippen LogP contribution is 1.85. The lowest BCUT2D eigenvalue weighted by Gasteiger charge is -2.15. The van der Waals surface area contributed by atoms with Gasteiger partial charge in [0.1, 0.15) is 0 Å². The minimum Gasteiger partial charge on any atom is -0.480 e. The Hall–Kier alpha value is -2.03. The molecular weight excluding hydrogens is 256 g/mol. The highest BCUT2D eigenvalue weighted by atomic mass is 16.5. The largest absolute Gasteiger partial charge is 0.480 e. The van der Waals surface area contributed by atoms with Gasteiger partial charge in [-0.25, -0.2) is 14.4 Å². The molecule has 0 aliphatic heterocycles. The average Bonchev–Trinajstić information content (AvgIpc) is 2.33. The molecule has 0 rings (SSSR count). The molecule has 0 aliphatic carbocycles. The zero-order chi connectivity index (χ0) is 14.8. The van der Waals surface area contributed by atoms with Gasteiger partial charge in [-0.05, 0) is 0 Å². The topological polar surface area (TPSA) is 120 Å². The summed E-state index contributed by atoms with van der Waals surface area (Å²) < 4.78 is 4.66. The van der Waals surface area contributed by atoms with Gasteiger partial charge in [0.25, 0.3) is 0 Å². The van der Waals surface area contributed by atoms with Crippen LogP contribution in [0.3, 0.4) is 0 Å². The number of nitrogens with one attached hydrogen (secondary N) is 3. The maximum atomic E-state index is 11.3. The molecule has 0 aromatic carbocycles. The fraction of sp³-hybridized carbons (Fsp3) is 0.700. The zero-order valence-corrected chi connectivity index (χ0v) is 11.2. The lowest BCUT2D eigenvalue weighted by Crippen LogP contribution is -2.49. The molecule has 0 aromatic heterocycles. The quantitative estimate of drug-likeness (QED) is 0.429. The van der Waals surface area contributed by atoms with E-state index >= 15 is 0 Å². The summed E-state index contributed by atoms with van der Waals surface area (Å²) in [4.78, 5) is 34.6. The van der Waals surface area contributed by atoms with Crippen LogP contribution >= 0.6 is 0 Å². The monoisotopic (exact) mass is 276 g/mol. The third kappa shape index (κ3) is 7.82.